The molecule has 2 aromatic carbocycles. The molecule has 162 valence electrons. The number of alkyl halides is 3. The highest BCUT2D eigenvalue weighted by Crippen LogP contribution is 2.35. The normalized spacial score (nSPS) is 13.6. The number of aromatic nitrogens is 2. The van der Waals surface area contributed by atoms with Gasteiger partial charge in [-0.25, -0.2) is 4.39 Å². The number of hydrogen-bond acceptors (Lipinski definition) is 3. The van der Waals surface area contributed by atoms with Crippen molar-refractivity contribution in [3.8, 4) is 6.07 Å². The van der Waals surface area contributed by atoms with E-state index in [1.165, 1.54) is 23.9 Å². The van der Waals surface area contributed by atoms with Crippen molar-refractivity contribution < 1.29 is 22.4 Å². The second-order valence-electron chi connectivity index (χ2n) is 6.83. The van der Waals surface area contributed by atoms with Crippen LogP contribution in [-0.2, 0) is 12.7 Å². The highest BCUT2D eigenvalue weighted by atomic mass is 35.5. The van der Waals surface area contributed by atoms with Gasteiger partial charge < -0.3 is 5.32 Å². The molecular formula is C19H11Cl3F4N4O. The number of hydrogen-bond donors (Lipinski definition) is 1. The molecule has 5 nitrogen and oxygen atoms in total. The van der Waals surface area contributed by atoms with Crippen LogP contribution in [0.15, 0.2) is 30.5 Å². The van der Waals surface area contributed by atoms with E-state index in [1.54, 1.807) is 0 Å². The molecule has 0 aliphatic carbocycles. The molecule has 0 bridgehead atoms. The third kappa shape index (κ3) is 4.71. The summed E-state index contributed by atoms with van der Waals surface area (Å²) in [4.78, 5) is 12.4. The van der Waals surface area contributed by atoms with Gasteiger partial charge in [-0.15, -0.1) is 0 Å². The van der Waals surface area contributed by atoms with Gasteiger partial charge in [0.05, 0.1) is 33.2 Å². The van der Waals surface area contributed by atoms with Crippen molar-refractivity contribution in [1.29, 1.82) is 5.26 Å². The summed E-state index contributed by atoms with van der Waals surface area (Å²) in [5.74, 6) is -2.54. The molecule has 0 aliphatic rings. The minimum atomic E-state index is -4.90. The minimum absolute atomic E-state index is 0.155. The Bertz CT molecular complexity index is 1240. The zero-order valence-electron chi connectivity index (χ0n) is 15.5. The molecule has 0 radical (unpaired) electrons. The molecular weight excluding hydrogens is 483 g/mol. The van der Waals surface area contributed by atoms with Crippen LogP contribution in [0.2, 0.25) is 15.1 Å². The Hall–Kier alpha value is -2.54. The summed E-state index contributed by atoms with van der Waals surface area (Å²) in [7, 11) is 0. The number of fused-ring (bicyclic) bond motifs is 1. The first kappa shape index (κ1) is 23.1. The maximum absolute atomic E-state index is 13.8. The molecule has 3 aromatic rings. The van der Waals surface area contributed by atoms with E-state index in [9.17, 15) is 27.6 Å². The molecule has 12 heteroatoms. The summed E-state index contributed by atoms with van der Waals surface area (Å²) in [6.45, 7) is 1.20. The van der Waals surface area contributed by atoms with Crippen molar-refractivity contribution in [2.75, 3.05) is 0 Å². The van der Waals surface area contributed by atoms with Crippen molar-refractivity contribution in [1.82, 2.24) is 15.1 Å². The Morgan fingerprint density at radius 1 is 1.23 bits per heavy atom. The SMILES string of the molecule is CC(C#N)(Cn1cc2c(Cl)cc(Cl)c(Cl)c2n1)NC(=O)c1ccc(C(F)(F)F)c(F)c1. The van der Waals surface area contributed by atoms with Crippen LogP contribution in [0.25, 0.3) is 10.9 Å². The molecule has 0 fully saturated rings. The van der Waals surface area contributed by atoms with E-state index in [-0.39, 0.29) is 32.7 Å². The number of nitrogens with zero attached hydrogens (tertiary/aromatic N) is 3. The van der Waals surface area contributed by atoms with Crippen LogP contribution < -0.4 is 5.32 Å². The topological polar surface area (TPSA) is 70.7 Å². The molecule has 1 atom stereocenters. The van der Waals surface area contributed by atoms with Crippen LogP contribution in [0.4, 0.5) is 17.6 Å². The van der Waals surface area contributed by atoms with Crippen LogP contribution in [0.3, 0.4) is 0 Å². The number of carbonyl (C=O) groups excluding carboxylic acids is 1. The molecule has 0 aliphatic heterocycles. The summed E-state index contributed by atoms with van der Waals surface area (Å²) in [6, 6.07) is 5.08. The fourth-order valence-corrected chi connectivity index (χ4v) is 3.54. The maximum atomic E-state index is 13.8. The highest BCUT2D eigenvalue weighted by Gasteiger charge is 2.35. The third-order valence-corrected chi connectivity index (χ3v) is 5.43. The van der Waals surface area contributed by atoms with Gasteiger partial charge in [0.15, 0.2) is 0 Å². The highest BCUT2D eigenvalue weighted by molar-refractivity contribution is 6.47. The van der Waals surface area contributed by atoms with Crippen molar-refractivity contribution in [2.24, 2.45) is 0 Å². The lowest BCUT2D eigenvalue weighted by molar-refractivity contribution is -0.140. The Morgan fingerprint density at radius 2 is 1.90 bits per heavy atom. The predicted octanol–water partition coefficient (Wildman–Crippen LogP) is 5.87. The molecule has 1 unspecified atom stereocenters. The third-order valence-electron chi connectivity index (χ3n) is 4.34. The maximum Gasteiger partial charge on any atom is 0.419 e. The number of nitrogens with one attached hydrogen (secondary N) is 1. The summed E-state index contributed by atoms with van der Waals surface area (Å²) in [5, 5.41) is 17.3. The van der Waals surface area contributed by atoms with Crippen LogP contribution in [0.5, 0.6) is 0 Å². The van der Waals surface area contributed by atoms with Crippen molar-refractivity contribution in [3.05, 3.63) is 62.5 Å². The summed E-state index contributed by atoms with van der Waals surface area (Å²) >= 11 is 18.2. The van der Waals surface area contributed by atoms with Gasteiger partial charge >= 0.3 is 6.18 Å². The molecule has 1 amide bonds. The second kappa shape index (κ2) is 8.19. The largest absolute Gasteiger partial charge is 0.419 e. The van der Waals surface area contributed by atoms with Crippen LogP contribution in [0.1, 0.15) is 22.8 Å². The van der Waals surface area contributed by atoms with Gasteiger partial charge in [0.25, 0.3) is 5.91 Å². The number of halogens is 7. The molecule has 0 saturated carbocycles. The molecule has 1 N–H and O–H groups in total. The lowest BCUT2D eigenvalue weighted by atomic mass is 10.0. The molecule has 1 aromatic heterocycles. The van der Waals surface area contributed by atoms with Gasteiger partial charge in [0.2, 0.25) is 0 Å². The standard InChI is InChI=1S/C19H11Cl3F4N4O/c1-18(7-27,8-30-6-10-12(20)5-13(21)15(22)16(10)29-30)28-17(31)9-2-3-11(14(23)4-9)19(24,25)26/h2-6H,8H2,1H3,(H,28,31). The first-order chi connectivity index (χ1) is 14.3. The van der Waals surface area contributed by atoms with E-state index in [0.717, 1.165) is 6.07 Å². The van der Waals surface area contributed by atoms with Gasteiger partial charge in [0.1, 0.15) is 16.9 Å². The Morgan fingerprint density at radius 3 is 2.48 bits per heavy atom. The molecule has 31 heavy (non-hydrogen) atoms. The average molecular weight is 494 g/mol. The Balaban J connectivity index is 1.86. The van der Waals surface area contributed by atoms with Crippen molar-refractivity contribution in [3.63, 3.8) is 0 Å². The van der Waals surface area contributed by atoms with Gasteiger partial charge in [-0.3, -0.25) is 9.48 Å². The summed E-state index contributed by atoms with van der Waals surface area (Å²) in [6.07, 6.45) is -3.40. The second-order valence-corrected chi connectivity index (χ2v) is 8.03. The first-order valence-electron chi connectivity index (χ1n) is 8.46. The van der Waals surface area contributed by atoms with E-state index >= 15 is 0 Å². The molecule has 0 saturated heterocycles. The fraction of sp³-hybridized carbons (Fsp3) is 0.211. The summed E-state index contributed by atoms with van der Waals surface area (Å²) < 4.78 is 53.2. The van der Waals surface area contributed by atoms with E-state index in [1.807, 2.05) is 6.07 Å². The van der Waals surface area contributed by atoms with Gasteiger partial charge in [-0.2, -0.15) is 23.5 Å². The summed E-state index contributed by atoms with van der Waals surface area (Å²) in [5.41, 5.74) is -3.14. The average Bonchev–Trinajstić information content (AvgIpc) is 3.09. The first-order valence-corrected chi connectivity index (χ1v) is 9.59. The zero-order valence-corrected chi connectivity index (χ0v) is 17.8. The zero-order chi connectivity index (χ0) is 23.1. The van der Waals surface area contributed by atoms with Crippen LogP contribution in [-0.4, -0.2) is 21.2 Å². The number of amides is 1. The van der Waals surface area contributed by atoms with E-state index in [2.05, 4.69) is 10.4 Å². The van der Waals surface area contributed by atoms with Crippen LogP contribution in [0, 0.1) is 17.1 Å². The van der Waals surface area contributed by atoms with Crippen molar-refractivity contribution in [2.45, 2.75) is 25.2 Å². The smallest absolute Gasteiger partial charge is 0.332 e. The van der Waals surface area contributed by atoms with Gasteiger partial charge in [-0.1, -0.05) is 34.8 Å². The number of carbonyl (C=O) groups is 1. The van der Waals surface area contributed by atoms with Crippen molar-refractivity contribution >= 4 is 51.6 Å². The van der Waals surface area contributed by atoms with E-state index < -0.39 is 29.0 Å². The number of benzene rings is 2. The fourth-order valence-electron chi connectivity index (χ4n) is 2.84. The van der Waals surface area contributed by atoms with Gasteiger partial charge in [0, 0.05) is 17.1 Å². The van der Waals surface area contributed by atoms with E-state index in [4.69, 9.17) is 34.8 Å². The van der Waals surface area contributed by atoms with Gasteiger partial charge in [-0.05, 0) is 31.2 Å². The lowest BCUT2D eigenvalue weighted by Crippen LogP contribution is -2.48. The minimum Gasteiger partial charge on any atom is -0.332 e. The quantitative estimate of drug-likeness (QED) is 0.365. The number of nitriles is 1. The monoisotopic (exact) mass is 492 g/mol. The Kier molecular flexibility index (Phi) is 6.11. The lowest BCUT2D eigenvalue weighted by Gasteiger charge is -2.23. The molecule has 0 spiro atoms. The number of rotatable bonds is 4. The van der Waals surface area contributed by atoms with E-state index in [0.29, 0.717) is 17.5 Å². The molecule has 1 heterocycles. The Labute approximate surface area is 188 Å². The molecule has 3 rings (SSSR count). The van der Waals surface area contributed by atoms with Crippen LogP contribution >= 0.6 is 34.8 Å². The predicted molar refractivity (Wildman–Crippen MR) is 108 cm³/mol.